The Kier molecular flexibility index (Phi) is 6.71. The van der Waals surface area contributed by atoms with Crippen molar-refractivity contribution in [2.24, 2.45) is 0 Å². The molecule has 1 unspecified atom stereocenters. The fourth-order valence-electron chi connectivity index (χ4n) is 2.43. The highest BCUT2D eigenvalue weighted by molar-refractivity contribution is 5.48. The van der Waals surface area contributed by atoms with E-state index in [9.17, 15) is 0 Å². The van der Waals surface area contributed by atoms with Crippen LogP contribution in [0.4, 0.5) is 0 Å². The molecule has 1 N–H and O–H groups in total. The van der Waals surface area contributed by atoms with Crippen LogP contribution in [0.5, 0.6) is 11.5 Å². The molecule has 0 fully saturated rings. The van der Waals surface area contributed by atoms with Gasteiger partial charge in [0.25, 0.3) is 0 Å². The van der Waals surface area contributed by atoms with Crippen molar-refractivity contribution in [3.8, 4) is 11.5 Å². The number of aryl methyl sites for hydroxylation is 1. The number of nitrogens with one attached hydrogen (secondary N) is 1. The Morgan fingerprint density at radius 2 is 1.74 bits per heavy atom. The van der Waals surface area contributed by atoms with Crippen molar-refractivity contribution in [1.29, 1.82) is 0 Å². The Morgan fingerprint density at radius 3 is 2.26 bits per heavy atom. The van der Waals surface area contributed by atoms with E-state index >= 15 is 0 Å². The van der Waals surface area contributed by atoms with Gasteiger partial charge < -0.3 is 14.8 Å². The summed E-state index contributed by atoms with van der Waals surface area (Å²) in [7, 11) is 5.38. The van der Waals surface area contributed by atoms with E-state index < -0.39 is 0 Å². The van der Waals surface area contributed by atoms with Gasteiger partial charge in [0.1, 0.15) is 0 Å². The van der Waals surface area contributed by atoms with Crippen LogP contribution < -0.4 is 14.8 Å². The Bertz CT molecular complexity index is 391. The van der Waals surface area contributed by atoms with Crippen molar-refractivity contribution >= 4 is 0 Å². The average molecular weight is 265 g/mol. The second-order valence-corrected chi connectivity index (χ2v) is 4.90. The van der Waals surface area contributed by atoms with E-state index in [4.69, 9.17) is 9.47 Å². The first-order valence-electron chi connectivity index (χ1n) is 7.07. The molecule has 108 valence electrons. The van der Waals surface area contributed by atoms with Gasteiger partial charge in [-0.1, -0.05) is 26.2 Å². The van der Waals surface area contributed by atoms with Gasteiger partial charge in [0, 0.05) is 6.04 Å². The zero-order chi connectivity index (χ0) is 14.3. The van der Waals surface area contributed by atoms with Crippen molar-refractivity contribution in [1.82, 2.24) is 5.32 Å². The molecule has 1 aromatic carbocycles. The van der Waals surface area contributed by atoms with Crippen LogP contribution >= 0.6 is 0 Å². The minimum absolute atomic E-state index is 0.381. The summed E-state index contributed by atoms with van der Waals surface area (Å²) in [5.74, 6) is 1.60. The van der Waals surface area contributed by atoms with Crippen molar-refractivity contribution in [2.75, 3.05) is 21.3 Å². The first kappa shape index (κ1) is 15.8. The first-order valence-corrected chi connectivity index (χ1v) is 7.07. The summed E-state index contributed by atoms with van der Waals surface area (Å²) >= 11 is 0. The second kappa shape index (κ2) is 8.05. The van der Waals surface area contributed by atoms with E-state index in [0.717, 1.165) is 17.9 Å². The minimum atomic E-state index is 0.381. The second-order valence-electron chi connectivity index (χ2n) is 4.90. The molecule has 0 aliphatic heterocycles. The zero-order valence-electron chi connectivity index (χ0n) is 12.9. The molecule has 0 radical (unpaired) electrons. The molecule has 1 atom stereocenters. The Morgan fingerprint density at radius 1 is 1.11 bits per heavy atom. The number of rotatable bonds is 8. The van der Waals surface area contributed by atoms with Gasteiger partial charge in [-0.15, -0.1) is 0 Å². The molecule has 1 rings (SSSR count). The molecular formula is C16H27NO2. The molecule has 19 heavy (non-hydrogen) atoms. The van der Waals surface area contributed by atoms with Crippen LogP contribution in [-0.4, -0.2) is 21.3 Å². The van der Waals surface area contributed by atoms with E-state index in [2.05, 4.69) is 31.3 Å². The molecular weight excluding hydrogens is 238 g/mol. The van der Waals surface area contributed by atoms with Crippen LogP contribution in [-0.2, 0) is 0 Å². The summed E-state index contributed by atoms with van der Waals surface area (Å²) in [6.45, 7) is 4.36. The number of hydrogen-bond donors (Lipinski definition) is 1. The summed E-state index contributed by atoms with van der Waals surface area (Å²) in [5.41, 5.74) is 2.55. The van der Waals surface area contributed by atoms with Gasteiger partial charge in [0.2, 0.25) is 0 Å². The zero-order valence-corrected chi connectivity index (χ0v) is 12.9. The molecule has 3 nitrogen and oxygen atoms in total. The number of methoxy groups -OCH3 is 2. The van der Waals surface area contributed by atoms with Gasteiger partial charge in [-0.2, -0.15) is 0 Å². The van der Waals surface area contributed by atoms with Gasteiger partial charge in [0.05, 0.1) is 14.2 Å². The Labute approximate surface area is 117 Å². The molecule has 0 aliphatic carbocycles. The molecule has 3 heteroatoms. The molecule has 0 bridgehead atoms. The quantitative estimate of drug-likeness (QED) is 0.724. The van der Waals surface area contributed by atoms with Crippen LogP contribution in [0.15, 0.2) is 12.1 Å². The predicted octanol–water partition coefficient (Wildman–Crippen LogP) is 3.85. The monoisotopic (exact) mass is 265 g/mol. The Balaban J connectivity index is 2.96. The lowest BCUT2D eigenvalue weighted by atomic mass is 9.96. The summed E-state index contributed by atoms with van der Waals surface area (Å²) < 4.78 is 10.7. The lowest BCUT2D eigenvalue weighted by Crippen LogP contribution is -2.17. The van der Waals surface area contributed by atoms with E-state index in [-0.39, 0.29) is 0 Å². The lowest BCUT2D eigenvalue weighted by molar-refractivity contribution is 0.353. The normalized spacial score (nSPS) is 12.3. The first-order chi connectivity index (χ1) is 9.17. The van der Waals surface area contributed by atoms with Crippen molar-refractivity contribution in [3.63, 3.8) is 0 Å². The largest absolute Gasteiger partial charge is 0.493 e. The van der Waals surface area contributed by atoms with E-state index in [1.807, 2.05) is 7.05 Å². The highest BCUT2D eigenvalue weighted by Gasteiger charge is 2.15. The molecule has 0 saturated heterocycles. The van der Waals surface area contributed by atoms with Gasteiger partial charge in [-0.3, -0.25) is 0 Å². The maximum Gasteiger partial charge on any atom is 0.161 e. The Hall–Kier alpha value is -1.22. The summed E-state index contributed by atoms with van der Waals surface area (Å²) in [4.78, 5) is 0. The number of unbranched alkanes of at least 4 members (excludes halogenated alkanes) is 2. The molecule has 0 amide bonds. The average Bonchev–Trinajstić information content (AvgIpc) is 2.44. The smallest absolute Gasteiger partial charge is 0.161 e. The van der Waals surface area contributed by atoms with Crippen LogP contribution in [0.2, 0.25) is 0 Å². The highest BCUT2D eigenvalue weighted by Crippen LogP contribution is 2.34. The topological polar surface area (TPSA) is 30.5 Å². The summed E-state index contributed by atoms with van der Waals surface area (Å²) in [5, 5.41) is 3.41. The maximum atomic E-state index is 5.40. The minimum Gasteiger partial charge on any atom is -0.493 e. The van der Waals surface area contributed by atoms with E-state index in [0.29, 0.717) is 6.04 Å². The SMILES string of the molecule is CCCCCC(NC)c1cc(OC)c(OC)cc1C. The fraction of sp³-hybridized carbons (Fsp3) is 0.625. The van der Waals surface area contributed by atoms with Gasteiger partial charge in [-0.25, -0.2) is 0 Å². The lowest BCUT2D eigenvalue weighted by Gasteiger charge is -2.21. The number of ether oxygens (including phenoxy) is 2. The molecule has 0 aliphatic rings. The summed E-state index contributed by atoms with van der Waals surface area (Å²) in [6.07, 6.45) is 4.93. The molecule has 0 heterocycles. The molecule has 1 aromatic rings. The number of benzene rings is 1. The van der Waals surface area contributed by atoms with Gasteiger partial charge in [-0.05, 0) is 43.7 Å². The van der Waals surface area contributed by atoms with Crippen LogP contribution in [0.3, 0.4) is 0 Å². The highest BCUT2D eigenvalue weighted by atomic mass is 16.5. The standard InChI is InChI=1S/C16H27NO2/c1-6-7-8-9-14(17-3)13-11-16(19-5)15(18-4)10-12(13)2/h10-11,14,17H,6-9H2,1-5H3. The molecule has 0 saturated carbocycles. The van der Waals surface area contributed by atoms with Crippen molar-refractivity contribution < 1.29 is 9.47 Å². The number of hydrogen-bond acceptors (Lipinski definition) is 3. The molecule has 0 spiro atoms. The van der Waals surface area contributed by atoms with Gasteiger partial charge >= 0.3 is 0 Å². The maximum absolute atomic E-state index is 5.40. The van der Waals surface area contributed by atoms with Gasteiger partial charge in [0.15, 0.2) is 11.5 Å². The van der Waals surface area contributed by atoms with Crippen LogP contribution in [0.1, 0.15) is 49.8 Å². The third-order valence-electron chi connectivity index (χ3n) is 3.59. The van der Waals surface area contributed by atoms with E-state index in [1.54, 1.807) is 14.2 Å². The predicted molar refractivity (Wildman–Crippen MR) is 80.2 cm³/mol. The molecule has 0 aromatic heterocycles. The van der Waals surface area contributed by atoms with Crippen LogP contribution in [0, 0.1) is 6.92 Å². The third-order valence-corrected chi connectivity index (χ3v) is 3.59. The van der Waals surface area contributed by atoms with Crippen molar-refractivity contribution in [3.05, 3.63) is 23.3 Å². The van der Waals surface area contributed by atoms with Crippen molar-refractivity contribution in [2.45, 2.75) is 45.6 Å². The van der Waals surface area contributed by atoms with Crippen LogP contribution in [0.25, 0.3) is 0 Å². The fourth-order valence-corrected chi connectivity index (χ4v) is 2.43. The third kappa shape index (κ3) is 4.13. The summed E-state index contributed by atoms with van der Waals surface area (Å²) in [6, 6.07) is 4.53. The van der Waals surface area contributed by atoms with E-state index in [1.165, 1.54) is 30.4 Å².